The van der Waals surface area contributed by atoms with Gasteiger partial charge in [0.2, 0.25) is 0 Å². The first-order valence-electron chi connectivity index (χ1n) is 6.28. The SMILES string of the molecule is Clc1ccc(Oc2c(Cl)cc(N=C3N=CCS3)cc2Cl)cc1. The Morgan fingerprint density at radius 3 is 2.32 bits per heavy atom. The van der Waals surface area contributed by atoms with Gasteiger partial charge in [-0.15, -0.1) is 0 Å². The highest BCUT2D eigenvalue weighted by molar-refractivity contribution is 8.14. The lowest BCUT2D eigenvalue weighted by Gasteiger charge is -2.10. The quantitative estimate of drug-likeness (QED) is 0.639. The highest BCUT2D eigenvalue weighted by atomic mass is 35.5. The minimum atomic E-state index is 0.383. The Morgan fingerprint density at radius 2 is 1.73 bits per heavy atom. The van der Waals surface area contributed by atoms with Crippen LogP contribution < -0.4 is 4.74 Å². The average molecular weight is 372 g/mol. The van der Waals surface area contributed by atoms with Crippen molar-refractivity contribution in [1.82, 2.24) is 0 Å². The molecule has 1 aliphatic rings. The molecule has 0 N–H and O–H groups in total. The summed E-state index contributed by atoms with van der Waals surface area (Å²) in [4.78, 5) is 8.53. The summed E-state index contributed by atoms with van der Waals surface area (Å²) in [5, 5.41) is 2.09. The Hall–Kier alpha value is -1.20. The molecule has 0 saturated carbocycles. The lowest BCUT2D eigenvalue weighted by Crippen LogP contribution is -1.87. The van der Waals surface area contributed by atoms with Crippen molar-refractivity contribution < 1.29 is 4.74 Å². The second-order valence-corrected chi connectivity index (χ2v) is 6.55. The Bertz CT molecular complexity index is 737. The maximum atomic E-state index is 6.25. The summed E-state index contributed by atoms with van der Waals surface area (Å²) < 4.78 is 5.71. The normalized spacial score (nSPS) is 15.5. The van der Waals surface area contributed by atoms with Crippen molar-refractivity contribution in [1.29, 1.82) is 0 Å². The largest absolute Gasteiger partial charge is 0.454 e. The fourth-order valence-electron chi connectivity index (χ4n) is 1.77. The number of hydrogen-bond acceptors (Lipinski definition) is 3. The fraction of sp³-hybridized carbons (Fsp3) is 0.0667. The summed E-state index contributed by atoms with van der Waals surface area (Å²) in [7, 11) is 0. The number of halogens is 3. The molecule has 7 heteroatoms. The monoisotopic (exact) mass is 370 g/mol. The van der Waals surface area contributed by atoms with Crippen LogP contribution in [0.4, 0.5) is 5.69 Å². The lowest BCUT2D eigenvalue weighted by molar-refractivity contribution is 0.483. The number of ether oxygens (including phenoxy) is 1. The van der Waals surface area contributed by atoms with E-state index in [0.29, 0.717) is 37.4 Å². The van der Waals surface area contributed by atoms with E-state index in [9.17, 15) is 0 Å². The number of thioether (sulfide) groups is 1. The van der Waals surface area contributed by atoms with Gasteiger partial charge >= 0.3 is 0 Å². The molecule has 0 aliphatic carbocycles. The molecule has 112 valence electrons. The molecule has 0 radical (unpaired) electrons. The van der Waals surface area contributed by atoms with E-state index in [2.05, 4.69) is 9.98 Å². The lowest BCUT2D eigenvalue weighted by atomic mass is 10.3. The van der Waals surface area contributed by atoms with E-state index in [0.717, 1.165) is 5.75 Å². The minimum absolute atomic E-state index is 0.383. The van der Waals surface area contributed by atoms with Crippen LogP contribution in [0.15, 0.2) is 46.4 Å². The Kier molecular flexibility index (Phi) is 4.93. The number of amidine groups is 1. The average Bonchev–Trinajstić information content (AvgIpc) is 2.98. The third-order valence-electron chi connectivity index (χ3n) is 2.73. The van der Waals surface area contributed by atoms with Crippen molar-refractivity contribution >= 4 is 63.6 Å². The zero-order valence-electron chi connectivity index (χ0n) is 11.1. The van der Waals surface area contributed by atoms with Gasteiger partial charge in [0.1, 0.15) is 5.75 Å². The first-order valence-corrected chi connectivity index (χ1v) is 8.40. The highest BCUT2D eigenvalue weighted by Crippen LogP contribution is 2.40. The molecular formula is C15H9Cl3N2OS. The summed E-state index contributed by atoms with van der Waals surface area (Å²) >= 11 is 19.9. The fourth-order valence-corrected chi connectivity index (χ4v) is 3.06. The van der Waals surface area contributed by atoms with Crippen molar-refractivity contribution in [2.75, 3.05) is 5.75 Å². The molecule has 0 amide bonds. The van der Waals surface area contributed by atoms with Crippen LogP contribution in [0.1, 0.15) is 0 Å². The number of hydrogen-bond donors (Lipinski definition) is 0. The zero-order chi connectivity index (χ0) is 15.5. The second kappa shape index (κ2) is 6.92. The second-order valence-electron chi connectivity index (χ2n) is 4.31. The molecule has 0 fully saturated rings. The number of benzene rings is 2. The van der Waals surface area contributed by atoms with Crippen LogP contribution in [0.5, 0.6) is 11.5 Å². The Morgan fingerprint density at radius 1 is 1.05 bits per heavy atom. The summed E-state index contributed by atoms with van der Waals surface area (Å²) in [6.45, 7) is 0. The van der Waals surface area contributed by atoms with Crippen LogP contribution in [-0.2, 0) is 0 Å². The van der Waals surface area contributed by atoms with Gasteiger partial charge in [0.15, 0.2) is 10.9 Å². The molecule has 1 aliphatic heterocycles. The van der Waals surface area contributed by atoms with Crippen LogP contribution in [0, 0.1) is 0 Å². The molecule has 0 unspecified atom stereocenters. The molecule has 0 bridgehead atoms. The van der Waals surface area contributed by atoms with Gasteiger partial charge in [-0.2, -0.15) is 0 Å². The van der Waals surface area contributed by atoms with Crippen LogP contribution in [0.3, 0.4) is 0 Å². The third-order valence-corrected chi connectivity index (χ3v) is 4.31. The van der Waals surface area contributed by atoms with Crippen LogP contribution in [0.2, 0.25) is 15.1 Å². The first-order chi connectivity index (χ1) is 10.6. The van der Waals surface area contributed by atoms with Gasteiger partial charge in [-0.3, -0.25) is 0 Å². The van der Waals surface area contributed by atoms with Crippen molar-refractivity contribution in [3.63, 3.8) is 0 Å². The van der Waals surface area contributed by atoms with E-state index >= 15 is 0 Å². The molecule has 0 atom stereocenters. The van der Waals surface area contributed by atoms with Gasteiger partial charge < -0.3 is 4.74 Å². The maximum absolute atomic E-state index is 6.25. The summed E-state index contributed by atoms with van der Waals surface area (Å²) in [5.74, 6) is 1.82. The van der Waals surface area contributed by atoms with E-state index in [1.165, 1.54) is 0 Å². The summed E-state index contributed by atoms with van der Waals surface area (Å²) in [6, 6.07) is 10.3. The molecule has 0 aromatic heterocycles. The molecule has 2 aromatic rings. The first kappa shape index (κ1) is 15.7. The van der Waals surface area contributed by atoms with E-state index in [1.54, 1.807) is 48.2 Å². The van der Waals surface area contributed by atoms with E-state index < -0.39 is 0 Å². The highest BCUT2D eigenvalue weighted by Gasteiger charge is 2.12. The van der Waals surface area contributed by atoms with Crippen molar-refractivity contribution in [3.05, 3.63) is 51.5 Å². The minimum Gasteiger partial charge on any atom is -0.454 e. The van der Waals surface area contributed by atoms with Crippen molar-refractivity contribution in [2.45, 2.75) is 0 Å². The molecule has 0 spiro atoms. The number of nitrogens with zero attached hydrogens (tertiary/aromatic N) is 2. The standard InChI is InChI=1S/C15H9Cl3N2OS/c16-9-1-3-11(4-2-9)21-14-12(17)7-10(8-13(14)18)20-15-19-5-6-22-15/h1-5,7-8H,6H2. The topological polar surface area (TPSA) is 34.0 Å². The van der Waals surface area contributed by atoms with Gasteiger partial charge in [-0.05, 0) is 36.4 Å². The smallest absolute Gasteiger partial charge is 0.188 e. The molecule has 2 aromatic carbocycles. The van der Waals surface area contributed by atoms with Gasteiger partial charge in [-0.1, -0.05) is 46.6 Å². The molecule has 3 rings (SSSR count). The number of aliphatic imine (C=N–C) groups is 2. The molecule has 1 heterocycles. The molecule has 22 heavy (non-hydrogen) atoms. The zero-order valence-corrected chi connectivity index (χ0v) is 14.2. The van der Waals surface area contributed by atoms with Gasteiger partial charge in [0.25, 0.3) is 0 Å². The van der Waals surface area contributed by atoms with Crippen LogP contribution in [-0.4, -0.2) is 17.1 Å². The van der Waals surface area contributed by atoms with Crippen molar-refractivity contribution in [3.8, 4) is 11.5 Å². The third kappa shape index (κ3) is 3.76. The predicted molar refractivity (Wildman–Crippen MR) is 96.0 cm³/mol. The summed E-state index contributed by atoms with van der Waals surface area (Å²) in [5.41, 5.74) is 0.639. The molecular weight excluding hydrogens is 363 g/mol. The maximum Gasteiger partial charge on any atom is 0.188 e. The van der Waals surface area contributed by atoms with E-state index in [-0.39, 0.29) is 0 Å². The Labute approximate surface area is 147 Å². The molecule has 3 nitrogen and oxygen atoms in total. The van der Waals surface area contributed by atoms with Crippen LogP contribution in [0.25, 0.3) is 0 Å². The van der Waals surface area contributed by atoms with Gasteiger partial charge in [0.05, 0.1) is 15.7 Å². The molecule has 0 saturated heterocycles. The van der Waals surface area contributed by atoms with E-state index in [4.69, 9.17) is 39.5 Å². The van der Waals surface area contributed by atoms with Gasteiger partial charge in [0, 0.05) is 17.0 Å². The van der Waals surface area contributed by atoms with Gasteiger partial charge in [-0.25, -0.2) is 9.98 Å². The van der Waals surface area contributed by atoms with Crippen LogP contribution >= 0.6 is 46.6 Å². The van der Waals surface area contributed by atoms with E-state index in [1.807, 2.05) is 6.21 Å². The number of rotatable bonds is 3. The Balaban J connectivity index is 1.87. The predicted octanol–water partition coefficient (Wildman–Crippen LogP) is 6.24. The summed E-state index contributed by atoms with van der Waals surface area (Å²) in [6.07, 6.45) is 1.81. The van der Waals surface area contributed by atoms with Crippen molar-refractivity contribution in [2.24, 2.45) is 9.98 Å².